The topological polar surface area (TPSA) is 78.1 Å². The molecule has 2 heterocycles. The van der Waals surface area contributed by atoms with Gasteiger partial charge in [0, 0.05) is 40.9 Å². The third-order valence-corrected chi connectivity index (χ3v) is 4.38. The lowest BCUT2D eigenvalue weighted by Crippen LogP contribution is -1.99. The van der Waals surface area contributed by atoms with Crippen LogP contribution in [-0.4, -0.2) is 22.4 Å². The van der Waals surface area contributed by atoms with E-state index in [1.165, 1.54) is 0 Å². The van der Waals surface area contributed by atoms with E-state index in [4.69, 9.17) is 10.5 Å². The molecule has 0 aliphatic heterocycles. The summed E-state index contributed by atoms with van der Waals surface area (Å²) < 4.78 is 5.27. The first-order valence-corrected chi connectivity index (χ1v) is 9.32. The summed E-state index contributed by atoms with van der Waals surface area (Å²) >= 11 is 0. The molecule has 0 aliphatic rings. The highest BCUT2D eigenvalue weighted by Crippen LogP contribution is 2.28. The van der Waals surface area contributed by atoms with Crippen molar-refractivity contribution in [3.63, 3.8) is 0 Å². The van der Waals surface area contributed by atoms with Crippen molar-refractivity contribution in [1.82, 2.24) is 9.97 Å². The van der Waals surface area contributed by atoms with Crippen LogP contribution in [0.25, 0.3) is 22.6 Å². The lowest BCUT2D eigenvalue weighted by atomic mass is 9.96. The van der Waals surface area contributed by atoms with Crippen molar-refractivity contribution in [2.45, 2.75) is 34.1 Å². The molecule has 2 aromatic heterocycles. The minimum atomic E-state index is 0.0387. The second-order valence-corrected chi connectivity index (χ2v) is 6.31. The summed E-state index contributed by atoms with van der Waals surface area (Å²) in [7, 11) is 0. The molecule has 2 aromatic rings. The minimum absolute atomic E-state index is 0.0387. The van der Waals surface area contributed by atoms with Crippen LogP contribution >= 0.6 is 0 Å². The van der Waals surface area contributed by atoms with Gasteiger partial charge < -0.3 is 10.5 Å². The number of rotatable bonds is 8. The molecule has 0 unspecified atom stereocenters. The molecule has 2 N–H and O–H groups in total. The number of pyridine rings is 2. The van der Waals surface area contributed by atoms with E-state index in [-0.39, 0.29) is 5.78 Å². The number of allylic oxidation sites excluding steroid dienone is 5. The standard InChI is InChI=1S/C23H27N3O2/c1-6-19(15(4)11-16(5)21(27)7-2)17-12-18-14-26-23(24)20(9-10-28-8-3)22(18)25-13-17/h6,9-14H,5,7-8H2,1-4H3,(H2,24,26)/b10-9+,15-11-,19-6+. The van der Waals surface area contributed by atoms with Gasteiger partial charge in [-0.05, 0) is 50.1 Å². The fourth-order valence-electron chi connectivity index (χ4n) is 2.93. The summed E-state index contributed by atoms with van der Waals surface area (Å²) in [6, 6.07) is 2.02. The van der Waals surface area contributed by atoms with Gasteiger partial charge >= 0.3 is 0 Å². The van der Waals surface area contributed by atoms with Gasteiger partial charge in [-0.25, -0.2) is 4.98 Å². The average Bonchev–Trinajstić information content (AvgIpc) is 2.69. The number of anilines is 1. The van der Waals surface area contributed by atoms with Crippen LogP contribution in [0.1, 0.15) is 45.2 Å². The maximum absolute atomic E-state index is 11.8. The molecular weight excluding hydrogens is 350 g/mol. The number of hydrogen-bond donors (Lipinski definition) is 1. The number of nitrogen functional groups attached to an aromatic ring is 1. The fourth-order valence-corrected chi connectivity index (χ4v) is 2.93. The van der Waals surface area contributed by atoms with Crippen molar-refractivity contribution < 1.29 is 9.53 Å². The average molecular weight is 377 g/mol. The first kappa shape index (κ1) is 21.1. The highest BCUT2D eigenvalue weighted by molar-refractivity contribution is 5.98. The van der Waals surface area contributed by atoms with E-state index in [0.29, 0.717) is 24.4 Å². The van der Waals surface area contributed by atoms with Crippen molar-refractivity contribution in [1.29, 1.82) is 0 Å². The van der Waals surface area contributed by atoms with E-state index in [9.17, 15) is 4.79 Å². The Bertz CT molecular complexity index is 985. The summed E-state index contributed by atoms with van der Waals surface area (Å²) in [5.41, 5.74) is 10.9. The van der Waals surface area contributed by atoms with Crippen molar-refractivity contribution in [2.75, 3.05) is 12.3 Å². The lowest BCUT2D eigenvalue weighted by molar-refractivity contribution is -0.114. The van der Waals surface area contributed by atoms with Crippen LogP contribution in [0.2, 0.25) is 0 Å². The van der Waals surface area contributed by atoms with E-state index in [1.54, 1.807) is 24.7 Å². The summed E-state index contributed by atoms with van der Waals surface area (Å²) in [6.07, 6.45) is 11.2. The molecule has 146 valence electrons. The maximum atomic E-state index is 11.8. The van der Waals surface area contributed by atoms with Gasteiger partial charge in [0.1, 0.15) is 5.82 Å². The number of fused-ring (bicyclic) bond motifs is 1. The fraction of sp³-hybridized carbons (Fsp3) is 0.261. The van der Waals surface area contributed by atoms with Gasteiger partial charge in [-0.1, -0.05) is 19.6 Å². The molecule has 0 spiro atoms. The first-order valence-electron chi connectivity index (χ1n) is 9.32. The molecule has 0 saturated carbocycles. The van der Waals surface area contributed by atoms with Crippen LogP contribution in [0, 0.1) is 0 Å². The molecule has 0 fully saturated rings. The molecule has 28 heavy (non-hydrogen) atoms. The Kier molecular flexibility index (Phi) is 7.27. The smallest absolute Gasteiger partial charge is 0.162 e. The van der Waals surface area contributed by atoms with Crippen molar-refractivity contribution in [2.24, 2.45) is 0 Å². The second-order valence-electron chi connectivity index (χ2n) is 6.31. The van der Waals surface area contributed by atoms with E-state index in [1.807, 2.05) is 45.9 Å². The highest BCUT2D eigenvalue weighted by Gasteiger charge is 2.11. The summed E-state index contributed by atoms with van der Waals surface area (Å²) in [6.45, 7) is 12.1. The Hall–Kier alpha value is -3.21. The molecule has 0 atom stereocenters. The maximum Gasteiger partial charge on any atom is 0.162 e. The molecule has 2 rings (SSSR count). The molecule has 0 saturated heterocycles. The normalized spacial score (nSPS) is 12.6. The molecule has 5 nitrogen and oxygen atoms in total. The van der Waals surface area contributed by atoms with Gasteiger partial charge in [-0.2, -0.15) is 0 Å². The molecule has 0 aliphatic carbocycles. The van der Waals surface area contributed by atoms with Crippen LogP contribution < -0.4 is 5.73 Å². The third-order valence-electron chi connectivity index (χ3n) is 4.38. The predicted molar refractivity (Wildman–Crippen MR) is 116 cm³/mol. The monoisotopic (exact) mass is 377 g/mol. The Morgan fingerprint density at radius 1 is 1.29 bits per heavy atom. The van der Waals surface area contributed by atoms with Crippen molar-refractivity contribution in [3.8, 4) is 0 Å². The van der Waals surface area contributed by atoms with Gasteiger partial charge in [0.15, 0.2) is 5.78 Å². The molecule has 5 heteroatoms. The molecule has 0 bridgehead atoms. The van der Waals surface area contributed by atoms with E-state index >= 15 is 0 Å². The SMILES string of the molecule is C=C(/C=C(C)\C(=C/C)c1cnc2c(/C=C/OCC)c(N)ncc2c1)C(=O)CC. The van der Waals surface area contributed by atoms with Crippen LogP contribution in [-0.2, 0) is 9.53 Å². The first-order chi connectivity index (χ1) is 13.4. The van der Waals surface area contributed by atoms with E-state index in [2.05, 4.69) is 16.5 Å². The second kappa shape index (κ2) is 9.65. The minimum Gasteiger partial charge on any atom is -0.501 e. The Morgan fingerprint density at radius 2 is 2.04 bits per heavy atom. The van der Waals surface area contributed by atoms with Crippen molar-refractivity contribution in [3.05, 3.63) is 65.7 Å². The number of carbonyl (C=O) groups is 1. The van der Waals surface area contributed by atoms with Crippen LogP contribution in [0.4, 0.5) is 5.82 Å². The Morgan fingerprint density at radius 3 is 2.68 bits per heavy atom. The van der Waals surface area contributed by atoms with Gasteiger partial charge in [0.25, 0.3) is 0 Å². The number of nitrogens with two attached hydrogens (primary N) is 1. The lowest BCUT2D eigenvalue weighted by Gasteiger charge is -2.11. The van der Waals surface area contributed by atoms with Crippen LogP contribution in [0.5, 0.6) is 0 Å². The molecular formula is C23H27N3O2. The Balaban J connectivity index is 2.47. The molecule has 0 aromatic carbocycles. The molecule has 0 amide bonds. The van der Waals surface area contributed by atoms with Gasteiger partial charge in [-0.15, -0.1) is 0 Å². The Labute approximate surface area is 166 Å². The van der Waals surface area contributed by atoms with Crippen LogP contribution in [0.3, 0.4) is 0 Å². The van der Waals surface area contributed by atoms with E-state index < -0.39 is 0 Å². The number of ether oxygens (including phenoxy) is 1. The summed E-state index contributed by atoms with van der Waals surface area (Å²) in [5, 5.41) is 0.874. The number of aromatic nitrogens is 2. The largest absolute Gasteiger partial charge is 0.501 e. The quantitative estimate of drug-likeness (QED) is 0.393. The zero-order chi connectivity index (χ0) is 20.7. The number of ketones is 1. The number of Topliss-reactive ketones (excluding diaryl/α,β-unsaturated/α-hetero) is 1. The number of hydrogen-bond acceptors (Lipinski definition) is 5. The number of carbonyl (C=O) groups excluding carboxylic acids is 1. The summed E-state index contributed by atoms with van der Waals surface area (Å²) in [5.74, 6) is 0.442. The summed E-state index contributed by atoms with van der Waals surface area (Å²) in [4.78, 5) is 20.7. The molecule has 0 radical (unpaired) electrons. The number of nitrogens with zero attached hydrogens (tertiary/aromatic N) is 2. The zero-order valence-electron chi connectivity index (χ0n) is 17.0. The van der Waals surface area contributed by atoms with Gasteiger partial charge in [0.05, 0.1) is 18.4 Å². The third kappa shape index (κ3) is 4.74. The predicted octanol–water partition coefficient (Wildman–Crippen LogP) is 5.10. The van der Waals surface area contributed by atoms with E-state index in [0.717, 1.165) is 33.2 Å². The zero-order valence-corrected chi connectivity index (χ0v) is 17.0. The van der Waals surface area contributed by atoms with Crippen LogP contribution in [0.15, 0.2) is 54.6 Å². The van der Waals surface area contributed by atoms with Gasteiger partial charge in [-0.3, -0.25) is 9.78 Å². The van der Waals surface area contributed by atoms with Crippen molar-refractivity contribution >= 4 is 34.2 Å². The highest BCUT2D eigenvalue weighted by atomic mass is 16.5. The van der Waals surface area contributed by atoms with Gasteiger partial charge in [0.2, 0.25) is 0 Å².